The average Bonchev–Trinajstić information content (AvgIpc) is 2.60. The summed E-state index contributed by atoms with van der Waals surface area (Å²) in [5.74, 6) is 0.513. The normalized spacial score (nSPS) is 10.6. The van der Waals surface area contributed by atoms with E-state index in [0.717, 1.165) is 22.0 Å². The number of nitrogens with zero attached hydrogens (tertiary/aromatic N) is 1. The SMILES string of the molecule is Cc1ccc(OCC(=O)N(C)Cc2cc(=O)[nH]c3ccccc23)cc1. The zero-order valence-corrected chi connectivity index (χ0v) is 14.3. The van der Waals surface area contributed by atoms with Crippen molar-refractivity contribution in [3.05, 3.63) is 76.1 Å². The Morgan fingerprint density at radius 3 is 2.60 bits per heavy atom. The summed E-state index contributed by atoms with van der Waals surface area (Å²) in [6.45, 7) is 2.30. The smallest absolute Gasteiger partial charge is 0.260 e. The minimum absolute atomic E-state index is 0.0410. The number of pyridine rings is 1. The number of hydrogen-bond acceptors (Lipinski definition) is 3. The van der Waals surface area contributed by atoms with Gasteiger partial charge in [-0.05, 0) is 30.7 Å². The number of H-pyrrole nitrogens is 1. The van der Waals surface area contributed by atoms with Crippen LogP contribution in [-0.4, -0.2) is 29.4 Å². The number of rotatable bonds is 5. The number of fused-ring (bicyclic) bond motifs is 1. The van der Waals surface area contributed by atoms with E-state index >= 15 is 0 Å². The first-order chi connectivity index (χ1) is 12.0. The standard InChI is InChI=1S/C20H20N2O3/c1-14-7-9-16(10-8-14)25-13-20(24)22(2)12-15-11-19(23)21-18-6-4-3-5-17(15)18/h3-11H,12-13H2,1-2H3,(H,21,23). The predicted octanol–water partition coefficient (Wildman–Crippen LogP) is 2.87. The molecule has 5 heteroatoms. The Morgan fingerprint density at radius 1 is 1.12 bits per heavy atom. The van der Waals surface area contributed by atoms with Crippen molar-refractivity contribution in [2.45, 2.75) is 13.5 Å². The molecule has 1 heterocycles. The maximum absolute atomic E-state index is 12.3. The highest BCUT2D eigenvalue weighted by Crippen LogP contribution is 2.16. The number of amides is 1. The number of para-hydroxylation sites is 1. The molecule has 0 saturated carbocycles. The zero-order chi connectivity index (χ0) is 17.8. The molecule has 1 amide bonds. The van der Waals surface area contributed by atoms with Crippen LogP contribution in [0.1, 0.15) is 11.1 Å². The number of carbonyl (C=O) groups is 1. The first-order valence-corrected chi connectivity index (χ1v) is 8.07. The number of ether oxygens (including phenoxy) is 1. The number of hydrogen-bond donors (Lipinski definition) is 1. The summed E-state index contributed by atoms with van der Waals surface area (Å²) in [5, 5.41) is 0.932. The van der Waals surface area contributed by atoms with Crippen molar-refractivity contribution < 1.29 is 9.53 Å². The van der Waals surface area contributed by atoms with E-state index in [9.17, 15) is 9.59 Å². The molecule has 0 bridgehead atoms. The number of likely N-dealkylation sites (N-methyl/N-ethyl adjacent to an activating group) is 1. The summed E-state index contributed by atoms with van der Waals surface area (Å²) in [6.07, 6.45) is 0. The van der Waals surface area contributed by atoms with Gasteiger partial charge in [0.25, 0.3) is 5.91 Å². The van der Waals surface area contributed by atoms with Crippen LogP contribution in [0.4, 0.5) is 0 Å². The summed E-state index contributed by atoms with van der Waals surface area (Å²) in [6, 6.07) is 16.6. The molecule has 0 saturated heterocycles. The molecule has 0 radical (unpaired) electrons. The highest BCUT2D eigenvalue weighted by atomic mass is 16.5. The summed E-state index contributed by atoms with van der Waals surface area (Å²) in [7, 11) is 1.71. The van der Waals surface area contributed by atoms with Crippen molar-refractivity contribution >= 4 is 16.8 Å². The molecule has 0 unspecified atom stereocenters. The number of aromatic amines is 1. The fourth-order valence-corrected chi connectivity index (χ4v) is 2.64. The van der Waals surface area contributed by atoms with Crippen LogP contribution in [-0.2, 0) is 11.3 Å². The van der Waals surface area contributed by atoms with Crippen LogP contribution in [0.15, 0.2) is 59.4 Å². The minimum atomic E-state index is -0.176. The van der Waals surface area contributed by atoms with E-state index in [1.165, 1.54) is 6.07 Å². The first kappa shape index (κ1) is 16.8. The maximum atomic E-state index is 12.3. The van der Waals surface area contributed by atoms with Crippen molar-refractivity contribution in [3.63, 3.8) is 0 Å². The average molecular weight is 336 g/mol. The monoisotopic (exact) mass is 336 g/mol. The second kappa shape index (κ2) is 7.21. The Kier molecular flexibility index (Phi) is 4.84. The van der Waals surface area contributed by atoms with Gasteiger partial charge >= 0.3 is 0 Å². The Hall–Kier alpha value is -3.08. The number of carbonyl (C=O) groups excluding carboxylic acids is 1. The van der Waals surface area contributed by atoms with Crippen LogP contribution in [0, 0.1) is 6.92 Å². The molecule has 2 aromatic carbocycles. The minimum Gasteiger partial charge on any atom is -0.484 e. The van der Waals surface area contributed by atoms with Crippen LogP contribution in [0.3, 0.4) is 0 Å². The van der Waals surface area contributed by atoms with Gasteiger partial charge in [-0.15, -0.1) is 0 Å². The van der Waals surface area contributed by atoms with Crippen molar-refractivity contribution in [1.29, 1.82) is 0 Å². The second-order valence-corrected chi connectivity index (χ2v) is 6.06. The van der Waals surface area contributed by atoms with Crippen LogP contribution in [0.5, 0.6) is 5.75 Å². The fourth-order valence-electron chi connectivity index (χ4n) is 2.64. The highest BCUT2D eigenvalue weighted by Gasteiger charge is 2.12. The molecule has 1 N–H and O–H groups in total. The quantitative estimate of drug-likeness (QED) is 0.779. The molecule has 0 aliphatic heterocycles. The van der Waals surface area contributed by atoms with Crippen LogP contribution in [0.25, 0.3) is 10.9 Å². The lowest BCUT2D eigenvalue weighted by molar-refractivity contribution is -0.132. The molecule has 0 aliphatic rings. The largest absolute Gasteiger partial charge is 0.484 e. The summed E-state index contributed by atoms with van der Waals surface area (Å²) < 4.78 is 5.53. The number of aryl methyl sites for hydroxylation is 1. The van der Waals surface area contributed by atoms with E-state index < -0.39 is 0 Å². The summed E-state index contributed by atoms with van der Waals surface area (Å²) >= 11 is 0. The van der Waals surface area contributed by atoms with Crippen LogP contribution in [0.2, 0.25) is 0 Å². The molecular weight excluding hydrogens is 316 g/mol. The third-order valence-corrected chi connectivity index (χ3v) is 4.05. The predicted molar refractivity (Wildman–Crippen MR) is 97.7 cm³/mol. The van der Waals surface area contributed by atoms with E-state index in [-0.39, 0.29) is 18.1 Å². The second-order valence-electron chi connectivity index (χ2n) is 6.06. The van der Waals surface area contributed by atoms with Crippen molar-refractivity contribution in [2.75, 3.05) is 13.7 Å². The van der Waals surface area contributed by atoms with Gasteiger partial charge in [0.15, 0.2) is 6.61 Å². The number of benzene rings is 2. The van der Waals surface area contributed by atoms with Gasteiger partial charge in [0, 0.05) is 30.6 Å². The van der Waals surface area contributed by atoms with Crippen molar-refractivity contribution in [2.24, 2.45) is 0 Å². The van der Waals surface area contributed by atoms with Gasteiger partial charge in [0.05, 0.1) is 0 Å². The fraction of sp³-hybridized carbons (Fsp3) is 0.200. The van der Waals surface area contributed by atoms with Gasteiger partial charge in [-0.1, -0.05) is 35.9 Å². The zero-order valence-electron chi connectivity index (χ0n) is 14.3. The topological polar surface area (TPSA) is 62.4 Å². The molecule has 0 spiro atoms. The Morgan fingerprint density at radius 2 is 1.84 bits per heavy atom. The molecule has 1 aromatic heterocycles. The molecule has 128 valence electrons. The van der Waals surface area contributed by atoms with Crippen molar-refractivity contribution in [3.8, 4) is 5.75 Å². The molecule has 0 aliphatic carbocycles. The van der Waals surface area contributed by atoms with Gasteiger partial charge in [0.1, 0.15) is 5.75 Å². The Balaban J connectivity index is 1.69. The maximum Gasteiger partial charge on any atom is 0.260 e. The van der Waals surface area contributed by atoms with E-state index in [0.29, 0.717) is 12.3 Å². The van der Waals surface area contributed by atoms with Gasteiger partial charge in [-0.3, -0.25) is 9.59 Å². The highest BCUT2D eigenvalue weighted by molar-refractivity contribution is 5.83. The third-order valence-electron chi connectivity index (χ3n) is 4.05. The molecular formula is C20H20N2O3. The molecule has 0 fully saturated rings. The van der Waals surface area contributed by atoms with E-state index in [1.807, 2.05) is 55.5 Å². The van der Waals surface area contributed by atoms with Crippen LogP contribution >= 0.6 is 0 Å². The van der Waals surface area contributed by atoms with Crippen LogP contribution < -0.4 is 10.3 Å². The number of aromatic nitrogens is 1. The van der Waals surface area contributed by atoms with Gasteiger partial charge in [0.2, 0.25) is 5.56 Å². The number of nitrogens with one attached hydrogen (secondary N) is 1. The van der Waals surface area contributed by atoms with Crippen molar-refractivity contribution in [1.82, 2.24) is 9.88 Å². The van der Waals surface area contributed by atoms with Gasteiger partial charge < -0.3 is 14.6 Å². The lowest BCUT2D eigenvalue weighted by atomic mass is 10.1. The summed E-state index contributed by atoms with van der Waals surface area (Å²) in [4.78, 5) is 28.5. The first-order valence-electron chi connectivity index (χ1n) is 8.07. The Labute approximate surface area is 145 Å². The molecule has 5 nitrogen and oxygen atoms in total. The van der Waals surface area contributed by atoms with E-state index in [1.54, 1.807) is 11.9 Å². The molecule has 25 heavy (non-hydrogen) atoms. The molecule has 3 rings (SSSR count). The van der Waals surface area contributed by atoms with Gasteiger partial charge in [-0.25, -0.2) is 0 Å². The lowest BCUT2D eigenvalue weighted by Gasteiger charge is -2.18. The van der Waals surface area contributed by atoms with Gasteiger partial charge in [-0.2, -0.15) is 0 Å². The van der Waals surface area contributed by atoms with E-state index in [4.69, 9.17) is 4.74 Å². The molecule has 3 aromatic rings. The lowest BCUT2D eigenvalue weighted by Crippen LogP contribution is -2.31. The molecule has 0 atom stereocenters. The summed E-state index contributed by atoms with van der Waals surface area (Å²) in [5.41, 5.74) is 2.54. The van der Waals surface area contributed by atoms with E-state index in [2.05, 4.69) is 4.98 Å². The third kappa shape index (κ3) is 4.07. The Bertz CT molecular complexity index is 945.